The maximum atomic E-state index is 13.3. The first-order valence-electron chi connectivity index (χ1n) is 5.18. The van der Waals surface area contributed by atoms with Crippen molar-refractivity contribution in [1.29, 1.82) is 5.26 Å². The van der Waals surface area contributed by atoms with Crippen LogP contribution >= 0.6 is 0 Å². The number of nitrogens with zero attached hydrogens (tertiary/aromatic N) is 1. The van der Waals surface area contributed by atoms with Crippen LogP contribution in [0.15, 0.2) is 18.2 Å². The van der Waals surface area contributed by atoms with Crippen LogP contribution in [0.2, 0.25) is 0 Å². The topological polar surface area (TPSA) is 42.2 Å². The molecule has 3 nitrogen and oxygen atoms in total. The van der Waals surface area contributed by atoms with E-state index in [1.54, 1.807) is 0 Å². The highest BCUT2D eigenvalue weighted by atomic mass is 19.1. The summed E-state index contributed by atoms with van der Waals surface area (Å²) >= 11 is 0. The summed E-state index contributed by atoms with van der Waals surface area (Å²) < 4.78 is 23.7. The van der Waals surface area contributed by atoms with E-state index in [2.05, 4.69) is 0 Å². The first kappa shape index (κ1) is 12.5. The zero-order valence-electron chi connectivity index (χ0n) is 9.20. The van der Waals surface area contributed by atoms with Gasteiger partial charge in [-0.05, 0) is 24.6 Å². The van der Waals surface area contributed by atoms with Crippen LogP contribution in [0.25, 0.3) is 0 Å². The molecule has 0 radical (unpaired) electrons. The van der Waals surface area contributed by atoms with Gasteiger partial charge in [-0.3, -0.25) is 0 Å². The fraction of sp³-hybridized carbons (Fsp3) is 0.417. The third kappa shape index (κ3) is 3.87. The van der Waals surface area contributed by atoms with Gasteiger partial charge in [0.25, 0.3) is 0 Å². The Balaban J connectivity index is 2.40. The molecule has 0 heterocycles. The second-order valence-electron chi connectivity index (χ2n) is 3.22. The summed E-state index contributed by atoms with van der Waals surface area (Å²) in [4.78, 5) is 0. The van der Waals surface area contributed by atoms with Gasteiger partial charge in [-0.25, -0.2) is 4.39 Å². The van der Waals surface area contributed by atoms with Crippen molar-refractivity contribution in [3.05, 3.63) is 29.6 Å². The molecule has 0 aromatic heterocycles. The lowest BCUT2D eigenvalue weighted by Gasteiger charge is -2.07. The van der Waals surface area contributed by atoms with E-state index in [0.29, 0.717) is 19.8 Å². The van der Waals surface area contributed by atoms with Crippen LogP contribution in [0.1, 0.15) is 18.9 Å². The van der Waals surface area contributed by atoms with Crippen molar-refractivity contribution in [2.75, 3.05) is 19.8 Å². The minimum absolute atomic E-state index is 0.152. The van der Waals surface area contributed by atoms with Crippen molar-refractivity contribution in [1.82, 2.24) is 0 Å². The Morgan fingerprint density at radius 1 is 1.31 bits per heavy atom. The van der Waals surface area contributed by atoms with Gasteiger partial charge in [-0.15, -0.1) is 0 Å². The van der Waals surface area contributed by atoms with E-state index >= 15 is 0 Å². The second-order valence-corrected chi connectivity index (χ2v) is 3.22. The average molecular weight is 223 g/mol. The van der Waals surface area contributed by atoms with E-state index in [9.17, 15) is 4.39 Å². The van der Waals surface area contributed by atoms with Crippen molar-refractivity contribution in [3.63, 3.8) is 0 Å². The maximum absolute atomic E-state index is 13.3. The zero-order chi connectivity index (χ0) is 11.8. The number of benzene rings is 1. The van der Waals surface area contributed by atoms with Crippen LogP contribution in [0.4, 0.5) is 4.39 Å². The highest BCUT2D eigenvalue weighted by Crippen LogP contribution is 2.17. The Bertz CT molecular complexity index is 374. The van der Waals surface area contributed by atoms with Gasteiger partial charge in [0.05, 0.1) is 18.2 Å². The Morgan fingerprint density at radius 2 is 2.12 bits per heavy atom. The molecule has 0 saturated heterocycles. The molecule has 0 spiro atoms. The highest BCUT2D eigenvalue weighted by Gasteiger charge is 2.04. The third-order valence-corrected chi connectivity index (χ3v) is 1.89. The molecule has 0 amide bonds. The smallest absolute Gasteiger partial charge is 0.166 e. The van der Waals surface area contributed by atoms with Gasteiger partial charge in [0.2, 0.25) is 0 Å². The van der Waals surface area contributed by atoms with E-state index in [1.165, 1.54) is 12.1 Å². The highest BCUT2D eigenvalue weighted by molar-refractivity contribution is 5.35. The van der Waals surface area contributed by atoms with Crippen LogP contribution in [-0.2, 0) is 4.74 Å². The molecule has 0 aliphatic rings. The van der Waals surface area contributed by atoms with Gasteiger partial charge in [0.1, 0.15) is 6.61 Å². The van der Waals surface area contributed by atoms with Gasteiger partial charge in [-0.1, -0.05) is 6.92 Å². The van der Waals surface area contributed by atoms with Crippen LogP contribution in [-0.4, -0.2) is 19.8 Å². The van der Waals surface area contributed by atoms with E-state index in [4.69, 9.17) is 14.7 Å². The number of nitriles is 1. The Hall–Kier alpha value is -1.60. The summed E-state index contributed by atoms with van der Waals surface area (Å²) in [5, 5.41) is 8.55. The molecule has 86 valence electrons. The normalized spacial score (nSPS) is 9.81. The van der Waals surface area contributed by atoms with E-state index < -0.39 is 5.82 Å². The largest absolute Gasteiger partial charge is 0.488 e. The lowest BCUT2D eigenvalue weighted by Crippen LogP contribution is -2.08. The van der Waals surface area contributed by atoms with Gasteiger partial charge in [-0.2, -0.15) is 5.26 Å². The van der Waals surface area contributed by atoms with Crippen LogP contribution in [0.5, 0.6) is 5.75 Å². The predicted octanol–water partition coefficient (Wildman–Crippen LogP) is 2.50. The van der Waals surface area contributed by atoms with Gasteiger partial charge >= 0.3 is 0 Å². The Kier molecular flexibility index (Phi) is 5.30. The molecule has 0 unspecified atom stereocenters. The number of halogens is 1. The van der Waals surface area contributed by atoms with Crippen LogP contribution < -0.4 is 4.74 Å². The SMILES string of the molecule is CCCOCCOc1ccc(C#N)cc1F. The van der Waals surface area contributed by atoms with Crippen LogP contribution in [0, 0.1) is 17.1 Å². The molecule has 1 aromatic rings. The molecule has 1 rings (SSSR count). The molecule has 0 aliphatic heterocycles. The maximum Gasteiger partial charge on any atom is 0.166 e. The molecule has 0 fully saturated rings. The minimum atomic E-state index is -0.519. The van der Waals surface area contributed by atoms with Gasteiger partial charge in [0.15, 0.2) is 11.6 Å². The lowest BCUT2D eigenvalue weighted by molar-refractivity contribution is 0.0992. The number of ether oxygens (including phenoxy) is 2. The quantitative estimate of drug-likeness (QED) is 0.696. The Morgan fingerprint density at radius 3 is 2.75 bits per heavy atom. The minimum Gasteiger partial charge on any atom is -0.488 e. The van der Waals surface area contributed by atoms with E-state index in [-0.39, 0.29) is 11.3 Å². The summed E-state index contributed by atoms with van der Waals surface area (Å²) in [7, 11) is 0. The second kappa shape index (κ2) is 6.81. The number of hydrogen-bond donors (Lipinski definition) is 0. The summed E-state index contributed by atoms with van der Waals surface area (Å²) in [6.45, 7) is 3.44. The predicted molar refractivity (Wildman–Crippen MR) is 57.7 cm³/mol. The number of hydrogen-bond acceptors (Lipinski definition) is 3. The van der Waals surface area contributed by atoms with Gasteiger partial charge in [0, 0.05) is 6.61 Å². The molecule has 0 atom stereocenters. The fourth-order valence-corrected chi connectivity index (χ4v) is 1.14. The lowest BCUT2D eigenvalue weighted by atomic mass is 10.2. The Labute approximate surface area is 94.4 Å². The van der Waals surface area contributed by atoms with Gasteiger partial charge < -0.3 is 9.47 Å². The summed E-state index contributed by atoms with van der Waals surface area (Å²) in [6.07, 6.45) is 0.950. The van der Waals surface area contributed by atoms with E-state index in [1.807, 2.05) is 13.0 Å². The summed E-state index contributed by atoms with van der Waals surface area (Å²) in [6, 6.07) is 5.99. The molecule has 1 aromatic carbocycles. The van der Waals surface area contributed by atoms with Crippen LogP contribution in [0.3, 0.4) is 0 Å². The average Bonchev–Trinajstić information content (AvgIpc) is 2.30. The molecule has 4 heteroatoms. The molecule has 0 aliphatic carbocycles. The van der Waals surface area contributed by atoms with Crippen molar-refractivity contribution in [2.24, 2.45) is 0 Å². The van der Waals surface area contributed by atoms with Crippen molar-refractivity contribution < 1.29 is 13.9 Å². The van der Waals surface area contributed by atoms with Crippen molar-refractivity contribution >= 4 is 0 Å². The molecule has 16 heavy (non-hydrogen) atoms. The van der Waals surface area contributed by atoms with Crippen molar-refractivity contribution in [3.8, 4) is 11.8 Å². The fourth-order valence-electron chi connectivity index (χ4n) is 1.14. The number of rotatable bonds is 6. The zero-order valence-corrected chi connectivity index (χ0v) is 9.20. The molecule has 0 saturated carbocycles. The first-order chi connectivity index (χ1) is 7.77. The molecule has 0 N–H and O–H groups in total. The van der Waals surface area contributed by atoms with Crippen molar-refractivity contribution in [2.45, 2.75) is 13.3 Å². The molecular weight excluding hydrogens is 209 g/mol. The molecule has 0 bridgehead atoms. The molecular formula is C12H14FNO2. The first-order valence-corrected chi connectivity index (χ1v) is 5.18. The summed E-state index contributed by atoms with van der Waals surface area (Å²) in [5.41, 5.74) is 0.284. The standard InChI is InChI=1S/C12H14FNO2/c1-2-5-15-6-7-16-12-4-3-10(9-14)8-11(12)13/h3-4,8H,2,5-7H2,1H3. The van der Waals surface area contributed by atoms with E-state index in [0.717, 1.165) is 12.5 Å². The summed E-state index contributed by atoms with van der Waals surface area (Å²) in [5.74, 6) is -0.367. The monoisotopic (exact) mass is 223 g/mol. The third-order valence-electron chi connectivity index (χ3n) is 1.89.